The number of hydrogen-bond acceptors (Lipinski definition) is 4. The van der Waals surface area contributed by atoms with E-state index in [0.29, 0.717) is 12.1 Å². The van der Waals surface area contributed by atoms with Crippen molar-refractivity contribution < 1.29 is 9.47 Å². The van der Waals surface area contributed by atoms with Gasteiger partial charge in [-0.25, -0.2) is 0 Å². The zero-order valence-electron chi connectivity index (χ0n) is 12.4. The molecule has 1 aliphatic heterocycles. The summed E-state index contributed by atoms with van der Waals surface area (Å²) in [5, 5.41) is 0. The molecular formula is C15H23BrN2O2. The van der Waals surface area contributed by atoms with E-state index < -0.39 is 0 Å². The molecule has 1 fully saturated rings. The minimum absolute atomic E-state index is 0.336. The van der Waals surface area contributed by atoms with Crippen molar-refractivity contribution in [2.45, 2.75) is 38.4 Å². The molecule has 2 rings (SSSR count). The van der Waals surface area contributed by atoms with Crippen molar-refractivity contribution >= 4 is 15.9 Å². The molecule has 1 aliphatic rings. The second-order valence-electron chi connectivity index (χ2n) is 5.40. The Hall–Kier alpha value is -0.780. The number of piperidine rings is 1. The lowest BCUT2D eigenvalue weighted by molar-refractivity contribution is 0.138. The molecule has 0 bridgehead atoms. The normalized spacial score (nSPS) is 23.6. The Balaban J connectivity index is 2.19. The molecule has 5 heteroatoms. The molecule has 20 heavy (non-hydrogen) atoms. The molecule has 1 aromatic carbocycles. The molecule has 0 radical (unpaired) electrons. The third kappa shape index (κ3) is 3.45. The fourth-order valence-corrected chi connectivity index (χ4v) is 3.24. The largest absolute Gasteiger partial charge is 0.496 e. The lowest BCUT2D eigenvalue weighted by Gasteiger charge is -2.36. The number of methoxy groups -OCH3 is 2. The van der Waals surface area contributed by atoms with Crippen LogP contribution in [0, 0.1) is 0 Å². The number of nitrogens with two attached hydrogens (primary N) is 1. The highest BCUT2D eigenvalue weighted by Gasteiger charge is 2.24. The monoisotopic (exact) mass is 342 g/mol. The van der Waals surface area contributed by atoms with Crippen molar-refractivity contribution in [2.24, 2.45) is 5.73 Å². The van der Waals surface area contributed by atoms with E-state index in [2.05, 4.69) is 27.8 Å². The summed E-state index contributed by atoms with van der Waals surface area (Å²) in [6, 6.07) is 4.85. The number of hydrogen-bond donors (Lipinski definition) is 1. The van der Waals surface area contributed by atoms with Crippen molar-refractivity contribution in [3.05, 3.63) is 22.2 Å². The number of likely N-dealkylation sites (tertiary alicyclic amines) is 1. The van der Waals surface area contributed by atoms with Gasteiger partial charge in [0.25, 0.3) is 0 Å². The quantitative estimate of drug-likeness (QED) is 0.913. The summed E-state index contributed by atoms with van der Waals surface area (Å²) in [6.07, 6.45) is 2.11. The van der Waals surface area contributed by atoms with Crippen molar-refractivity contribution in [1.29, 1.82) is 0 Å². The molecule has 1 heterocycles. The first-order valence-electron chi connectivity index (χ1n) is 6.95. The summed E-state index contributed by atoms with van der Waals surface area (Å²) in [7, 11) is 3.38. The highest BCUT2D eigenvalue weighted by atomic mass is 79.9. The van der Waals surface area contributed by atoms with Gasteiger partial charge >= 0.3 is 0 Å². The number of halogens is 1. The summed E-state index contributed by atoms with van der Waals surface area (Å²) < 4.78 is 11.8. The summed E-state index contributed by atoms with van der Waals surface area (Å²) in [5.41, 5.74) is 7.17. The van der Waals surface area contributed by atoms with Gasteiger partial charge in [0, 0.05) is 30.7 Å². The summed E-state index contributed by atoms with van der Waals surface area (Å²) >= 11 is 3.49. The van der Waals surface area contributed by atoms with Gasteiger partial charge in [-0.05, 0) is 47.8 Å². The second-order valence-corrected chi connectivity index (χ2v) is 6.26. The standard InChI is InChI=1S/C15H23BrN2O2/c1-10-6-12(17)4-5-18(10)9-11-7-15(20-3)13(16)8-14(11)19-2/h7-8,10,12H,4-6,9,17H2,1-3H3. The van der Waals surface area contributed by atoms with Crippen molar-refractivity contribution in [3.8, 4) is 11.5 Å². The van der Waals surface area contributed by atoms with Gasteiger partial charge in [-0.3, -0.25) is 4.90 Å². The number of rotatable bonds is 4. The van der Waals surface area contributed by atoms with Gasteiger partial charge in [0.1, 0.15) is 11.5 Å². The van der Waals surface area contributed by atoms with Crippen molar-refractivity contribution in [1.82, 2.24) is 4.90 Å². The van der Waals surface area contributed by atoms with Gasteiger partial charge in [-0.15, -0.1) is 0 Å². The van der Waals surface area contributed by atoms with Gasteiger partial charge in [0.15, 0.2) is 0 Å². The minimum Gasteiger partial charge on any atom is -0.496 e. The Bertz CT molecular complexity index is 467. The van der Waals surface area contributed by atoms with E-state index in [4.69, 9.17) is 15.2 Å². The molecule has 1 aromatic rings. The van der Waals surface area contributed by atoms with Crippen molar-refractivity contribution in [2.75, 3.05) is 20.8 Å². The topological polar surface area (TPSA) is 47.7 Å². The Labute approximate surface area is 129 Å². The van der Waals surface area contributed by atoms with Crippen LogP contribution in [0.2, 0.25) is 0 Å². The van der Waals surface area contributed by atoms with Crippen LogP contribution >= 0.6 is 15.9 Å². The van der Waals surface area contributed by atoms with Crippen LogP contribution in [0.1, 0.15) is 25.3 Å². The average Bonchev–Trinajstić information content (AvgIpc) is 2.43. The van der Waals surface area contributed by atoms with E-state index in [1.807, 2.05) is 12.1 Å². The summed E-state index contributed by atoms with van der Waals surface area (Å²) in [5.74, 6) is 1.72. The third-order valence-corrected chi connectivity index (χ3v) is 4.60. The van der Waals surface area contributed by atoms with Crippen LogP contribution in [0.25, 0.3) is 0 Å². The molecule has 0 saturated carbocycles. The van der Waals surface area contributed by atoms with Gasteiger partial charge in [-0.2, -0.15) is 0 Å². The average molecular weight is 343 g/mol. The molecule has 0 amide bonds. The Kier molecular flexibility index (Phi) is 5.29. The maximum absolute atomic E-state index is 6.02. The highest BCUT2D eigenvalue weighted by molar-refractivity contribution is 9.10. The van der Waals surface area contributed by atoms with E-state index >= 15 is 0 Å². The first-order chi connectivity index (χ1) is 9.55. The van der Waals surface area contributed by atoms with Gasteiger partial charge in [0.2, 0.25) is 0 Å². The van der Waals surface area contributed by atoms with E-state index in [-0.39, 0.29) is 0 Å². The van der Waals surface area contributed by atoms with Gasteiger partial charge in [-0.1, -0.05) is 0 Å². The van der Waals surface area contributed by atoms with Crippen LogP contribution in [0.15, 0.2) is 16.6 Å². The van der Waals surface area contributed by atoms with Crippen LogP contribution in [0.5, 0.6) is 11.5 Å². The predicted molar refractivity (Wildman–Crippen MR) is 84.3 cm³/mol. The fourth-order valence-electron chi connectivity index (χ4n) is 2.76. The molecule has 0 spiro atoms. The van der Waals surface area contributed by atoms with E-state index in [1.165, 1.54) is 0 Å². The summed E-state index contributed by atoms with van der Waals surface area (Å²) in [4.78, 5) is 2.45. The number of nitrogens with zero attached hydrogens (tertiary/aromatic N) is 1. The predicted octanol–water partition coefficient (Wildman–Crippen LogP) is 2.78. The molecule has 0 aliphatic carbocycles. The zero-order chi connectivity index (χ0) is 14.7. The van der Waals surface area contributed by atoms with E-state index in [1.54, 1.807) is 14.2 Å². The highest BCUT2D eigenvalue weighted by Crippen LogP contribution is 2.34. The Morgan fingerprint density at radius 1 is 1.30 bits per heavy atom. The van der Waals surface area contributed by atoms with Crippen LogP contribution < -0.4 is 15.2 Å². The molecule has 112 valence electrons. The van der Waals surface area contributed by atoms with Gasteiger partial charge < -0.3 is 15.2 Å². The van der Waals surface area contributed by atoms with Crippen LogP contribution in [-0.4, -0.2) is 37.7 Å². The molecule has 2 unspecified atom stereocenters. The molecule has 0 aromatic heterocycles. The lowest BCUT2D eigenvalue weighted by Crippen LogP contribution is -2.45. The Morgan fingerprint density at radius 3 is 2.60 bits per heavy atom. The fraction of sp³-hybridized carbons (Fsp3) is 0.600. The van der Waals surface area contributed by atoms with Crippen LogP contribution in [-0.2, 0) is 6.54 Å². The Morgan fingerprint density at radius 2 is 2.00 bits per heavy atom. The molecule has 4 nitrogen and oxygen atoms in total. The van der Waals surface area contributed by atoms with E-state index in [9.17, 15) is 0 Å². The third-order valence-electron chi connectivity index (χ3n) is 3.98. The first-order valence-corrected chi connectivity index (χ1v) is 7.74. The second kappa shape index (κ2) is 6.78. The minimum atomic E-state index is 0.336. The SMILES string of the molecule is COc1cc(CN2CCC(N)CC2C)c(OC)cc1Br. The maximum Gasteiger partial charge on any atom is 0.133 e. The first kappa shape index (κ1) is 15.6. The smallest absolute Gasteiger partial charge is 0.133 e. The lowest BCUT2D eigenvalue weighted by atomic mass is 9.98. The van der Waals surface area contributed by atoms with E-state index in [0.717, 1.165) is 47.5 Å². The molecule has 2 N–H and O–H groups in total. The van der Waals surface area contributed by atoms with Crippen molar-refractivity contribution in [3.63, 3.8) is 0 Å². The zero-order valence-corrected chi connectivity index (χ0v) is 13.9. The maximum atomic E-state index is 6.02. The number of benzene rings is 1. The van der Waals surface area contributed by atoms with Gasteiger partial charge in [0.05, 0.1) is 18.7 Å². The molecule has 1 saturated heterocycles. The van der Waals surface area contributed by atoms with Crippen LogP contribution in [0.3, 0.4) is 0 Å². The molecular weight excluding hydrogens is 320 g/mol. The summed E-state index contributed by atoms with van der Waals surface area (Å²) in [6.45, 7) is 4.13. The van der Waals surface area contributed by atoms with Crippen LogP contribution in [0.4, 0.5) is 0 Å². The molecule has 2 atom stereocenters. The number of ether oxygens (including phenoxy) is 2.